The Labute approximate surface area is 232 Å². The first kappa shape index (κ1) is 53.7. The maximum Gasteiger partial charge on any atom is 0 e. The smallest absolute Gasteiger partial charge is 0 e. The van der Waals surface area contributed by atoms with Gasteiger partial charge in [0.2, 0.25) is 0 Å². The van der Waals surface area contributed by atoms with Crippen LogP contribution in [-0.4, -0.2) is 0 Å². The summed E-state index contributed by atoms with van der Waals surface area (Å²) in [5, 5.41) is 2.79. The summed E-state index contributed by atoms with van der Waals surface area (Å²) >= 11 is 0. The van der Waals surface area contributed by atoms with Crippen molar-refractivity contribution in [3.63, 3.8) is 0 Å². The van der Waals surface area contributed by atoms with Crippen LogP contribution in [0.1, 0.15) is 0 Å². The van der Waals surface area contributed by atoms with E-state index in [1.165, 1.54) is 10.6 Å². The van der Waals surface area contributed by atoms with Crippen LogP contribution in [0, 0.1) is 78.7 Å². The van der Waals surface area contributed by atoms with Crippen LogP contribution in [0.5, 0.6) is 0 Å². The van der Waals surface area contributed by atoms with Gasteiger partial charge < -0.3 is 0 Å². The summed E-state index contributed by atoms with van der Waals surface area (Å²) < 4.78 is 52.5. The SMILES string of the molecule is [C-]#[O+].[C-]#[O+].[C-]#[O+].[C-]#[O+].[C-]#[O+].[C-]#[O+].[C-]#[O+].[CH]1[CH][CH][CH][CH]1.[W].[W].c1ccc(Pc2ccccc2)cc1. The van der Waals surface area contributed by atoms with Crippen molar-refractivity contribution in [3.8, 4) is 0 Å². The average Bonchev–Trinajstić information content (AvgIpc) is 3.54. The fourth-order valence-corrected chi connectivity index (χ4v) is 2.58. The molecule has 10 heteroatoms. The molecule has 1 aliphatic rings. The minimum Gasteiger partial charge on any atom is -0.0622 e. The maximum absolute atomic E-state index is 7.50. The zero-order chi connectivity index (χ0) is 26.5. The molecule has 171 valence electrons. The van der Waals surface area contributed by atoms with E-state index in [2.05, 4.69) is 107 Å². The Morgan fingerprint density at radius 3 is 0.706 bits per heavy atom. The molecule has 0 amide bonds. The number of benzene rings is 2. The van der Waals surface area contributed by atoms with Gasteiger partial charge in [0.05, 0.1) is 0 Å². The Morgan fingerprint density at radius 1 is 0.353 bits per heavy atom. The Morgan fingerprint density at radius 2 is 0.529 bits per heavy atom. The zero-order valence-electron chi connectivity index (χ0n) is 17.3. The van der Waals surface area contributed by atoms with Crippen LogP contribution in [0.4, 0.5) is 0 Å². The van der Waals surface area contributed by atoms with Crippen LogP contribution in [0.15, 0.2) is 60.7 Å². The molecule has 0 atom stereocenters. The van der Waals surface area contributed by atoms with Crippen LogP contribution in [0.25, 0.3) is 0 Å². The van der Waals surface area contributed by atoms with Crippen molar-refractivity contribution < 1.29 is 74.7 Å². The molecule has 0 aliphatic heterocycles. The molecular weight excluding hydrogens is 799 g/mol. The molecule has 3 rings (SSSR count). The quantitative estimate of drug-likeness (QED) is 0.250. The van der Waals surface area contributed by atoms with Crippen molar-refractivity contribution in [2.24, 2.45) is 0 Å². The topological polar surface area (TPSA) is 139 Å². The molecule has 1 aliphatic carbocycles. The summed E-state index contributed by atoms with van der Waals surface area (Å²) in [6.07, 6.45) is 10.0. The van der Waals surface area contributed by atoms with Crippen molar-refractivity contribution in [3.05, 3.63) is 139 Å². The number of hydrogen-bond donors (Lipinski definition) is 0. The molecule has 2 aromatic carbocycles. The van der Waals surface area contributed by atoms with Gasteiger partial charge in [0, 0.05) is 42.1 Å². The Balaban J connectivity index is -0.0000000458. The van der Waals surface area contributed by atoms with Crippen LogP contribution in [0.2, 0.25) is 0 Å². The first-order valence-electron chi connectivity index (χ1n) is 7.42. The Kier molecular flexibility index (Phi) is 110. The van der Waals surface area contributed by atoms with Gasteiger partial charge >= 0.3 is 79.1 Å². The predicted molar refractivity (Wildman–Crippen MR) is 109 cm³/mol. The molecule has 5 radical (unpaired) electrons. The van der Waals surface area contributed by atoms with E-state index in [1.807, 2.05) is 32.1 Å². The third-order valence-electron chi connectivity index (χ3n) is 2.39. The van der Waals surface area contributed by atoms with Crippen molar-refractivity contribution >= 4 is 19.2 Å². The molecule has 34 heavy (non-hydrogen) atoms. The van der Waals surface area contributed by atoms with Crippen molar-refractivity contribution in [1.29, 1.82) is 0 Å². The van der Waals surface area contributed by atoms with Gasteiger partial charge in [-0.15, -0.1) is 0 Å². The molecule has 0 bridgehead atoms. The van der Waals surface area contributed by atoms with E-state index >= 15 is 0 Å². The van der Waals surface area contributed by atoms with Crippen molar-refractivity contribution in [1.82, 2.24) is 0 Å². The van der Waals surface area contributed by atoms with Crippen LogP contribution >= 0.6 is 8.58 Å². The molecule has 0 spiro atoms. The molecule has 0 unspecified atom stereocenters. The van der Waals surface area contributed by atoms with E-state index < -0.39 is 0 Å². The largest absolute Gasteiger partial charge is 0.0622 e. The van der Waals surface area contributed by atoms with Gasteiger partial charge in [0.15, 0.2) is 0 Å². The van der Waals surface area contributed by atoms with Crippen LogP contribution in [-0.2, 0) is 74.7 Å². The van der Waals surface area contributed by atoms with Gasteiger partial charge in [-0.1, -0.05) is 69.2 Å². The second-order valence-corrected chi connectivity index (χ2v) is 5.22. The molecule has 0 saturated heterocycles. The van der Waals surface area contributed by atoms with E-state index in [-0.39, 0.29) is 42.1 Å². The summed E-state index contributed by atoms with van der Waals surface area (Å²) in [7, 11) is 0.777. The molecule has 0 heterocycles. The standard InChI is InChI=1S/C12H11P.C5H5.7CO.2W/c1-3-7-11(8-4-1)13-12-9-5-2-6-10-12;1-2-4-5-3-1;7*1-2;;/h1-10,13H;1-5H;;;;;;;;;. The summed E-state index contributed by atoms with van der Waals surface area (Å²) in [5.41, 5.74) is 0. The van der Waals surface area contributed by atoms with E-state index in [0.29, 0.717) is 0 Å². The van der Waals surface area contributed by atoms with E-state index in [4.69, 9.17) is 32.6 Å². The Hall–Kier alpha value is -1.57. The van der Waals surface area contributed by atoms with Crippen LogP contribution < -0.4 is 10.6 Å². The minimum absolute atomic E-state index is 0. The van der Waals surface area contributed by atoms with Crippen molar-refractivity contribution in [2.45, 2.75) is 0 Å². The number of hydrogen-bond acceptors (Lipinski definition) is 0. The summed E-state index contributed by atoms with van der Waals surface area (Å²) in [4.78, 5) is 0. The second-order valence-electron chi connectivity index (χ2n) is 3.82. The van der Waals surface area contributed by atoms with Gasteiger partial charge in [-0.05, 0) is 42.7 Å². The molecule has 1 fully saturated rings. The molecule has 0 aromatic heterocycles. The van der Waals surface area contributed by atoms with Gasteiger partial charge in [-0.25, -0.2) is 0 Å². The molecular formula is C24H16O7PW2. The second kappa shape index (κ2) is 69.7. The summed E-state index contributed by atoms with van der Waals surface area (Å²) in [6, 6.07) is 21.2. The zero-order valence-corrected chi connectivity index (χ0v) is 24.2. The fourth-order valence-electron chi connectivity index (χ4n) is 1.53. The predicted octanol–water partition coefficient (Wildman–Crippen LogP) is 3.07. The Bertz CT molecular complexity index is 618. The average molecular weight is 815 g/mol. The normalized spacial score (nSPS) is 7.71. The first-order chi connectivity index (χ1) is 15.9. The first-order valence-corrected chi connectivity index (χ1v) is 8.42. The maximum atomic E-state index is 7.50. The monoisotopic (exact) mass is 815 g/mol. The minimum atomic E-state index is 0. The molecule has 7 nitrogen and oxygen atoms in total. The third-order valence-corrected chi connectivity index (χ3v) is 3.64. The van der Waals surface area contributed by atoms with Crippen LogP contribution in [0.3, 0.4) is 0 Å². The van der Waals surface area contributed by atoms with Gasteiger partial charge in [-0.2, -0.15) is 0 Å². The summed E-state index contributed by atoms with van der Waals surface area (Å²) in [6.45, 7) is 31.5. The third kappa shape index (κ3) is 48.0. The van der Waals surface area contributed by atoms with Gasteiger partial charge in [0.25, 0.3) is 0 Å². The number of rotatable bonds is 2. The van der Waals surface area contributed by atoms with Gasteiger partial charge in [0.1, 0.15) is 0 Å². The van der Waals surface area contributed by atoms with Crippen molar-refractivity contribution in [2.75, 3.05) is 0 Å². The van der Waals surface area contributed by atoms with E-state index in [0.717, 1.165) is 8.58 Å². The van der Waals surface area contributed by atoms with E-state index in [1.54, 1.807) is 0 Å². The van der Waals surface area contributed by atoms with Gasteiger partial charge in [-0.3, -0.25) is 0 Å². The summed E-state index contributed by atoms with van der Waals surface area (Å²) in [5.74, 6) is 0. The molecule has 2 aromatic rings. The molecule has 0 N–H and O–H groups in total. The van der Waals surface area contributed by atoms with E-state index in [9.17, 15) is 0 Å². The molecule has 1 saturated carbocycles. The fraction of sp³-hybridized carbons (Fsp3) is 0.